The van der Waals surface area contributed by atoms with Gasteiger partial charge in [-0.2, -0.15) is 0 Å². The third-order valence-corrected chi connectivity index (χ3v) is 3.89. The van der Waals surface area contributed by atoms with E-state index in [1.54, 1.807) is 0 Å². The molecule has 1 aliphatic carbocycles. The van der Waals surface area contributed by atoms with Crippen molar-refractivity contribution in [2.24, 2.45) is 11.3 Å². The van der Waals surface area contributed by atoms with Crippen LogP contribution in [0, 0.1) is 11.3 Å². The molecule has 1 fully saturated rings. The van der Waals surface area contributed by atoms with E-state index in [9.17, 15) is 0 Å². The first-order chi connectivity index (χ1) is 4.80. The fourth-order valence-corrected chi connectivity index (χ4v) is 2.14. The molecule has 1 unspecified atom stereocenters. The lowest BCUT2D eigenvalue weighted by Crippen LogP contribution is -1.96. The maximum Gasteiger partial charge on any atom is 0.130 e. The summed E-state index contributed by atoms with van der Waals surface area (Å²) in [5.74, 6) is 0.323. The normalized spacial score (nSPS) is 31.3. The van der Waals surface area contributed by atoms with Crippen LogP contribution in [0.4, 0.5) is 0 Å². The Labute approximate surface area is 78.6 Å². The highest BCUT2D eigenvalue weighted by Crippen LogP contribution is 2.69. The third-order valence-electron chi connectivity index (χ3n) is 2.44. The highest BCUT2D eigenvalue weighted by molar-refractivity contribution is 6.52. The molecule has 0 aromatic heterocycles. The number of hydrogen-bond donors (Lipinski definition) is 0. The van der Waals surface area contributed by atoms with Crippen LogP contribution in [0.3, 0.4) is 0 Å². The summed E-state index contributed by atoms with van der Waals surface area (Å²) < 4.78 is -0.537. The molecule has 1 rings (SSSR count). The molecule has 0 nitrogen and oxygen atoms in total. The fourth-order valence-electron chi connectivity index (χ4n) is 1.34. The second-order valence-corrected chi connectivity index (χ2v) is 5.45. The maximum atomic E-state index is 6.06. The zero-order chi connectivity index (χ0) is 8.86. The Morgan fingerprint density at radius 2 is 1.64 bits per heavy atom. The molecule has 0 aromatic rings. The van der Waals surface area contributed by atoms with Crippen LogP contribution in [0.15, 0.2) is 11.6 Å². The summed E-state index contributed by atoms with van der Waals surface area (Å²) in [6.45, 7) is 8.32. The summed E-state index contributed by atoms with van der Waals surface area (Å²) in [6.07, 6.45) is 2.15. The average Bonchev–Trinajstić information content (AvgIpc) is 2.11. The molecule has 1 saturated carbocycles. The van der Waals surface area contributed by atoms with Gasteiger partial charge in [-0.1, -0.05) is 25.5 Å². The molecule has 0 aromatic carbocycles. The van der Waals surface area contributed by atoms with E-state index in [1.807, 2.05) is 0 Å². The molecule has 0 spiro atoms. The van der Waals surface area contributed by atoms with Crippen LogP contribution in [0.1, 0.15) is 27.7 Å². The molecule has 0 radical (unpaired) electrons. The van der Waals surface area contributed by atoms with Crippen molar-refractivity contribution in [1.29, 1.82) is 0 Å². The lowest BCUT2D eigenvalue weighted by Gasteiger charge is -1.98. The van der Waals surface area contributed by atoms with Gasteiger partial charge in [0.05, 0.1) is 0 Å². The number of hydrogen-bond acceptors (Lipinski definition) is 0. The number of halogens is 2. The summed E-state index contributed by atoms with van der Waals surface area (Å²) in [7, 11) is 0. The first-order valence-corrected chi connectivity index (χ1v) is 4.58. The summed E-state index contributed by atoms with van der Waals surface area (Å²) in [5, 5.41) is 0. The molecule has 2 heteroatoms. The van der Waals surface area contributed by atoms with E-state index >= 15 is 0 Å². The van der Waals surface area contributed by atoms with E-state index in [4.69, 9.17) is 23.2 Å². The van der Waals surface area contributed by atoms with Crippen molar-refractivity contribution in [2.45, 2.75) is 32.0 Å². The van der Waals surface area contributed by atoms with E-state index in [-0.39, 0.29) is 5.41 Å². The Morgan fingerprint density at radius 3 is 1.73 bits per heavy atom. The van der Waals surface area contributed by atoms with Crippen molar-refractivity contribution in [3.05, 3.63) is 11.6 Å². The van der Waals surface area contributed by atoms with Crippen molar-refractivity contribution in [1.82, 2.24) is 0 Å². The van der Waals surface area contributed by atoms with Crippen LogP contribution >= 0.6 is 23.2 Å². The SMILES string of the molecule is CC(C)=CC1C(C)(C)C1(Cl)Cl. The summed E-state index contributed by atoms with van der Waals surface area (Å²) in [4.78, 5) is 0. The summed E-state index contributed by atoms with van der Waals surface area (Å²) in [5.41, 5.74) is 1.33. The molecule has 1 aliphatic rings. The predicted molar refractivity (Wildman–Crippen MR) is 51.1 cm³/mol. The van der Waals surface area contributed by atoms with Crippen LogP contribution in [0.2, 0.25) is 0 Å². The van der Waals surface area contributed by atoms with Crippen molar-refractivity contribution in [2.75, 3.05) is 0 Å². The molecule has 0 aliphatic heterocycles. The zero-order valence-corrected chi connectivity index (χ0v) is 8.92. The minimum absolute atomic E-state index is 0.0490. The number of rotatable bonds is 1. The lowest BCUT2D eigenvalue weighted by molar-refractivity contribution is 0.602. The van der Waals surface area contributed by atoms with E-state index < -0.39 is 4.33 Å². The second kappa shape index (κ2) is 2.40. The second-order valence-electron chi connectivity index (χ2n) is 4.07. The fraction of sp³-hybridized carbons (Fsp3) is 0.778. The van der Waals surface area contributed by atoms with Gasteiger partial charge in [0.1, 0.15) is 4.33 Å². The van der Waals surface area contributed by atoms with E-state index in [0.29, 0.717) is 5.92 Å². The minimum atomic E-state index is -0.537. The quantitative estimate of drug-likeness (QED) is 0.439. The lowest BCUT2D eigenvalue weighted by atomic mass is 10.1. The van der Waals surface area contributed by atoms with Crippen molar-refractivity contribution >= 4 is 23.2 Å². The molecule has 0 amide bonds. The van der Waals surface area contributed by atoms with Gasteiger partial charge in [-0.25, -0.2) is 0 Å². The number of allylic oxidation sites excluding steroid dienone is 2. The topological polar surface area (TPSA) is 0 Å². The van der Waals surface area contributed by atoms with Gasteiger partial charge in [-0.15, -0.1) is 23.2 Å². The smallest absolute Gasteiger partial charge is 0.100 e. The predicted octanol–water partition coefficient (Wildman–Crippen LogP) is 3.78. The standard InChI is InChI=1S/C9H14Cl2/c1-6(2)5-7-8(3,4)9(7,10)11/h5,7H,1-4H3. The van der Waals surface area contributed by atoms with Crippen LogP contribution in [0.25, 0.3) is 0 Å². The van der Waals surface area contributed by atoms with Gasteiger partial charge in [0.2, 0.25) is 0 Å². The first-order valence-electron chi connectivity index (χ1n) is 3.83. The summed E-state index contributed by atoms with van der Waals surface area (Å²) >= 11 is 12.1. The van der Waals surface area contributed by atoms with E-state index in [0.717, 1.165) is 0 Å². The van der Waals surface area contributed by atoms with Crippen LogP contribution in [-0.4, -0.2) is 4.33 Å². The highest BCUT2D eigenvalue weighted by Gasteiger charge is 2.68. The molecule has 11 heavy (non-hydrogen) atoms. The molecular weight excluding hydrogens is 179 g/mol. The van der Waals surface area contributed by atoms with Gasteiger partial charge in [0, 0.05) is 11.3 Å². The monoisotopic (exact) mass is 192 g/mol. The number of alkyl halides is 2. The van der Waals surface area contributed by atoms with Crippen LogP contribution in [-0.2, 0) is 0 Å². The average molecular weight is 193 g/mol. The molecule has 0 bridgehead atoms. The van der Waals surface area contributed by atoms with E-state index in [2.05, 4.69) is 33.8 Å². The van der Waals surface area contributed by atoms with Crippen LogP contribution in [0.5, 0.6) is 0 Å². The van der Waals surface area contributed by atoms with Gasteiger partial charge < -0.3 is 0 Å². The Kier molecular flexibility index (Phi) is 2.05. The molecule has 0 heterocycles. The first kappa shape index (κ1) is 9.41. The van der Waals surface area contributed by atoms with Crippen LogP contribution < -0.4 is 0 Å². The third kappa shape index (κ3) is 1.31. The molecule has 64 valence electrons. The summed E-state index contributed by atoms with van der Waals surface area (Å²) in [6, 6.07) is 0. The Balaban J connectivity index is 2.76. The van der Waals surface area contributed by atoms with Gasteiger partial charge in [0.25, 0.3) is 0 Å². The largest absolute Gasteiger partial charge is 0.130 e. The van der Waals surface area contributed by atoms with Crippen molar-refractivity contribution in [3.63, 3.8) is 0 Å². The Morgan fingerprint density at radius 1 is 1.27 bits per heavy atom. The van der Waals surface area contributed by atoms with Crippen molar-refractivity contribution < 1.29 is 0 Å². The maximum absolute atomic E-state index is 6.06. The highest BCUT2D eigenvalue weighted by atomic mass is 35.5. The van der Waals surface area contributed by atoms with Gasteiger partial charge in [-0.05, 0) is 13.8 Å². The van der Waals surface area contributed by atoms with Gasteiger partial charge in [0.15, 0.2) is 0 Å². The Hall–Kier alpha value is 0.320. The molecule has 0 N–H and O–H groups in total. The molecular formula is C9H14Cl2. The van der Waals surface area contributed by atoms with Crippen molar-refractivity contribution in [3.8, 4) is 0 Å². The molecule has 1 atom stereocenters. The van der Waals surface area contributed by atoms with E-state index in [1.165, 1.54) is 5.57 Å². The zero-order valence-electron chi connectivity index (χ0n) is 7.41. The van der Waals surface area contributed by atoms with Gasteiger partial charge in [-0.3, -0.25) is 0 Å². The molecule has 0 saturated heterocycles. The Bertz CT molecular complexity index is 184. The minimum Gasteiger partial charge on any atom is -0.100 e. The van der Waals surface area contributed by atoms with Gasteiger partial charge >= 0.3 is 0 Å².